The SMILES string of the molecule is COc1cc(C(=O)N2CCN(CC(=O)N3CCCCCCC3)CC2)ccc1C. The van der Waals surface area contributed by atoms with Gasteiger partial charge in [0.05, 0.1) is 13.7 Å². The van der Waals surface area contributed by atoms with Gasteiger partial charge in [-0.15, -0.1) is 0 Å². The number of nitrogens with zero attached hydrogens (tertiary/aromatic N) is 3. The van der Waals surface area contributed by atoms with Crippen LogP contribution in [0.4, 0.5) is 0 Å². The summed E-state index contributed by atoms with van der Waals surface area (Å²) in [5.41, 5.74) is 1.68. The first kappa shape index (κ1) is 20.6. The van der Waals surface area contributed by atoms with Crippen molar-refractivity contribution in [3.63, 3.8) is 0 Å². The maximum absolute atomic E-state index is 12.8. The van der Waals surface area contributed by atoms with Crippen LogP contribution >= 0.6 is 0 Å². The number of likely N-dealkylation sites (tertiary alicyclic amines) is 1. The van der Waals surface area contributed by atoms with Gasteiger partial charge < -0.3 is 14.5 Å². The van der Waals surface area contributed by atoms with Gasteiger partial charge in [-0.25, -0.2) is 0 Å². The quantitative estimate of drug-likeness (QED) is 0.797. The van der Waals surface area contributed by atoms with Crippen LogP contribution < -0.4 is 4.74 Å². The van der Waals surface area contributed by atoms with Crippen LogP contribution in [0.15, 0.2) is 18.2 Å². The largest absolute Gasteiger partial charge is 0.496 e. The van der Waals surface area contributed by atoms with Gasteiger partial charge >= 0.3 is 0 Å². The molecule has 0 spiro atoms. The van der Waals surface area contributed by atoms with Crippen LogP contribution in [0, 0.1) is 6.92 Å². The van der Waals surface area contributed by atoms with Crippen LogP contribution in [0.1, 0.15) is 48.0 Å². The summed E-state index contributed by atoms with van der Waals surface area (Å²) in [7, 11) is 1.62. The monoisotopic (exact) mass is 387 g/mol. The highest BCUT2D eigenvalue weighted by atomic mass is 16.5. The summed E-state index contributed by atoms with van der Waals surface area (Å²) in [5, 5.41) is 0. The maximum atomic E-state index is 12.8. The topological polar surface area (TPSA) is 53.1 Å². The molecule has 1 aromatic rings. The summed E-state index contributed by atoms with van der Waals surface area (Å²) in [4.78, 5) is 31.6. The fourth-order valence-electron chi connectivity index (χ4n) is 4.03. The Morgan fingerprint density at radius 3 is 2.18 bits per heavy atom. The Labute approximate surface area is 168 Å². The molecule has 0 atom stereocenters. The average molecular weight is 388 g/mol. The van der Waals surface area contributed by atoms with Crippen molar-refractivity contribution in [3.05, 3.63) is 29.3 Å². The van der Waals surface area contributed by atoms with E-state index in [-0.39, 0.29) is 11.8 Å². The standard InChI is InChI=1S/C22H33N3O3/c1-18-8-9-19(16-20(18)28-2)22(27)25-14-12-23(13-15-25)17-21(26)24-10-6-4-3-5-7-11-24/h8-9,16H,3-7,10-15,17H2,1-2H3. The van der Waals surface area contributed by atoms with Crippen molar-refractivity contribution in [3.8, 4) is 5.75 Å². The van der Waals surface area contributed by atoms with Crippen LogP contribution in [0.5, 0.6) is 5.75 Å². The second-order valence-corrected chi connectivity index (χ2v) is 7.90. The number of hydrogen-bond donors (Lipinski definition) is 0. The van der Waals surface area contributed by atoms with E-state index in [0.29, 0.717) is 25.2 Å². The summed E-state index contributed by atoms with van der Waals surface area (Å²) < 4.78 is 5.34. The molecule has 2 aliphatic heterocycles. The molecule has 0 saturated carbocycles. The fourth-order valence-corrected chi connectivity index (χ4v) is 4.03. The summed E-state index contributed by atoms with van der Waals surface area (Å²) in [5.74, 6) is 1.02. The van der Waals surface area contributed by atoms with Crippen molar-refractivity contribution in [2.24, 2.45) is 0 Å². The van der Waals surface area contributed by atoms with Gasteiger partial charge in [-0.2, -0.15) is 0 Å². The Morgan fingerprint density at radius 2 is 1.54 bits per heavy atom. The number of carbonyl (C=O) groups is 2. The number of carbonyl (C=O) groups excluding carboxylic acids is 2. The third-order valence-electron chi connectivity index (χ3n) is 5.88. The Balaban J connectivity index is 1.49. The molecule has 2 amide bonds. The minimum atomic E-state index is 0.0352. The van der Waals surface area contributed by atoms with Crippen molar-refractivity contribution < 1.29 is 14.3 Å². The molecule has 0 radical (unpaired) electrons. The van der Waals surface area contributed by atoms with Gasteiger partial charge in [0.1, 0.15) is 5.75 Å². The van der Waals surface area contributed by atoms with E-state index in [1.807, 2.05) is 34.9 Å². The van der Waals surface area contributed by atoms with E-state index >= 15 is 0 Å². The Hall–Kier alpha value is -2.08. The number of rotatable bonds is 4. The van der Waals surface area contributed by atoms with E-state index in [0.717, 1.165) is 50.3 Å². The van der Waals surface area contributed by atoms with Gasteiger partial charge in [0, 0.05) is 44.8 Å². The van der Waals surface area contributed by atoms with Gasteiger partial charge in [0.15, 0.2) is 0 Å². The van der Waals surface area contributed by atoms with E-state index in [9.17, 15) is 9.59 Å². The molecule has 6 nitrogen and oxygen atoms in total. The highest BCUT2D eigenvalue weighted by Crippen LogP contribution is 2.20. The molecule has 28 heavy (non-hydrogen) atoms. The van der Waals surface area contributed by atoms with E-state index < -0.39 is 0 Å². The smallest absolute Gasteiger partial charge is 0.254 e. The summed E-state index contributed by atoms with van der Waals surface area (Å²) in [6.07, 6.45) is 6.00. The van der Waals surface area contributed by atoms with Crippen LogP contribution in [0.25, 0.3) is 0 Å². The molecule has 0 aromatic heterocycles. The minimum absolute atomic E-state index is 0.0352. The number of piperazine rings is 1. The van der Waals surface area contributed by atoms with E-state index in [4.69, 9.17) is 4.74 Å². The Morgan fingerprint density at radius 1 is 0.893 bits per heavy atom. The summed E-state index contributed by atoms with van der Waals surface area (Å²) in [6, 6.07) is 5.60. The zero-order chi connectivity index (χ0) is 19.9. The zero-order valence-electron chi connectivity index (χ0n) is 17.3. The second-order valence-electron chi connectivity index (χ2n) is 7.90. The van der Waals surface area contributed by atoms with Crippen LogP contribution in [0.2, 0.25) is 0 Å². The number of aryl methyl sites for hydroxylation is 1. The molecule has 0 unspecified atom stereocenters. The number of amides is 2. The first-order valence-corrected chi connectivity index (χ1v) is 10.5. The second kappa shape index (κ2) is 9.92. The van der Waals surface area contributed by atoms with Crippen molar-refractivity contribution in [1.29, 1.82) is 0 Å². The van der Waals surface area contributed by atoms with Crippen LogP contribution in [0.3, 0.4) is 0 Å². The summed E-state index contributed by atoms with van der Waals surface area (Å²) in [6.45, 7) is 7.03. The molecule has 2 fully saturated rings. The molecule has 1 aromatic carbocycles. The van der Waals surface area contributed by atoms with Gasteiger partial charge in [-0.1, -0.05) is 25.3 Å². The molecule has 2 aliphatic rings. The lowest BCUT2D eigenvalue weighted by Crippen LogP contribution is -2.51. The molecule has 154 valence electrons. The normalized spacial score (nSPS) is 19.1. The Bertz CT molecular complexity index is 676. The average Bonchev–Trinajstić information content (AvgIpc) is 2.68. The lowest BCUT2D eigenvalue weighted by Gasteiger charge is -2.35. The molecule has 3 rings (SSSR count). The number of methoxy groups -OCH3 is 1. The minimum Gasteiger partial charge on any atom is -0.496 e. The van der Waals surface area contributed by atoms with E-state index in [1.54, 1.807) is 7.11 Å². The highest BCUT2D eigenvalue weighted by molar-refractivity contribution is 5.94. The van der Waals surface area contributed by atoms with Gasteiger partial charge in [0.25, 0.3) is 5.91 Å². The molecular weight excluding hydrogens is 354 g/mol. The Kier molecular flexibility index (Phi) is 7.31. The third kappa shape index (κ3) is 5.25. The first-order valence-electron chi connectivity index (χ1n) is 10.5. The predicted molar refractivity (Wildman–Crippen MR) is 110 cm³/mol. The number of hydrogen-bond acceptors (Lipinski definition) is 4. The molecule has 6 heteroatoms. The van der Waals surface area contributed by atoms with Crippen molar-refractivity contribution in [2.45, 2.75) is 39.0 Å². The molecule has 0 N–H and O–H groups in total. The molecule has 0 aliphatic carbocycles. The van der Waals surface area contributed by atoms with Crippen molar-refractivity contribution >= 4 is 11.8 Å². The van der Waals surface area contributed by atoms with Crippen LogP contribution in [-0.4, -0.2) is 79.4 Å². The maximum Gasteiger partial charge on any atom is 0.254 e. The zero-order valence-corrected chi connectivity index (χ0v) is 17.3. The number of ether oxygens (including phenoxy) is 1. The first-order chi connectivity index (χ1) is 13.6. The van der Waals surface area contributed by atoms with Crippen molar-refractivity contribution in [1.82, 2.24) is 14.7 Å². The fraction of sp³-hybridized carbons (Fsp3) is 0.636. The number of benzene rings is 1. The van der Waals surface area contributed by atoms with Crippen LogP contribution in [-0.2, 0) is 4.79 Å². The lowest BCUT2D eigenvalue weighted by molar-refractivity contribution is -0.133. The van der Waals surface area contributed by atoms with Gasteiger partial charge in [-0.05, 0) is 37.5 Å². The third-order valence-corrected chi connectivity index (χ3v) is 5.88. The molecule has 2 saturated heterocycles. The molecule has 0 bridgehead atoms. The van der Waals surface area contributed by atoms with E-state index in [2.05, 4.69) is 4.90 Å². The van der Waals surface area contributed by atoms with Gasteiger partial charge in [0.2, 0.25) is 5.91 Å². The van der Waals surface area contributed by atoms with Crippen molar-refractivity contribution in [2.75, 3.05) is 52.9 Å². The summed E-state index contributed by atoms with van der Waals surface area (Å²) >= 11 is 0. The molecular formula is C22H33N3O3. The lowest BCUT2D eigenvalue weighted by atomic mass is 10.1. The highest BCUT2D eigenvalue weighted by Gasteiger charge is 2.25. The van der Waals surface area contributed by atoms with E-state index in [1.165, 1.54) is 19.3 Å². The predicted octanol–water partition coefficient (Wildman–Crippen LogP) is 2.55. The van der Waals surface area contributed by atoms with Gasteiger partial charge in [-0.3, -0.25) is 14.5 Å². The molecule has 2 heterocycles.